The monoisotopic (exact) mass is 272 g/mol. The number of halogens is 1. The van der Waals surface area contributed by atoms with Gasteiger partial charge in [0.2, 0.25) is 11.0 Å². The van der Waals surface area contributed by atoms with Gasteiger partial charge in [-0.25, -0.2) is 9.97 Å². The van der Waals surface area contributed by atoms with Gasteiger partial charge in [0.1, 0.15) is 6.33 Å². The van der Waals surface area contributed by atoms with Crippen LogP contribution in [0.1, 0.15) is 19.3 Å². The number of hydrogen-bond donors (Lipinski definition) is 1. The van der Waals surface area contributed by atoms with Crippen LogP contribution in [0.2, 0.25) is 5.15 Å². The number of nitro groups is 1. The van der Waals surface area contributed by atoms with Crippen LogP contribution in [0.25, 0.3) is 0 Å². The number of rotatable bonds is 3. The lowest BCUT2D eigenvalue weighted by atomic mass is 10.0. The number of aliphatic hydroxyl groups is 1. The number of aliphatic hydroxyl groups excluding tert-OH is 1. The summed E-state index contributed by atoms with van der Waals surface area (Å²) in [6, 6.07) is -0.150. The summed E-state index contributed by atoms with van der Waals surface area (Å²) in [6.45, 7) is 0.568. The highest BCUT2D eigenvalue weighted by atomic mass is 35.5. The molecule has 0 aromatic carbocycles. The Labute approximate surface area is 109 Å². The highest BCUT2D eigenvalue weighted by Crippen LogP contribution is 2.34. The maximum atomic E-state index is 11.0. The molecule has 7 nitrogen and oxygen atoms in total. The Morgan fingerprint density at radius 3 is 3.00 bits per heavy atom. The first-order chi connectivity index (χ1) is 8.65. The zero-order valence-corrected chi connectivity index (χ0v) is 10.4. The van der Waals surface area contributed by atoms with E-state index < -0.39 is 4.92 Å². The molecule has 1 N–H and O–H groups in total. The van der Waals surface area contributed by atoms with Crippen LogP contribution < -0.4 is 4.90 Å². The molecule has 0 saturated carbocycles. The second-order valence-corrected chi connectivity index (χ2v) is 4.48. The SMILES string of the molecule is O=[N+]([O-])c1c(Cl)ncnc1N1CCCC[C@H]1CO. The highest BCUT2D eigenvalue weighted by Gasteiger charge is 2.31. The second-order valence-electron chi connectivity index (χ2n) is 4.12. The predicted octanol–water partition coefficient (Wildman–Crippen LogP) is 1.39. The summed E-state index contributed by atoms with van der Waals surface area (Å²) in [5.74, 6) is 0.193. The molecule has 0 radical (unpaired) electrons. The average molecular weight is 273 g/mol. The maximum absolute atomic E-state index is 11.0. The topological polar surface area (TPSA) is 92.4 Å². The molecule has 2 rings (SSSR count). The van der Waals surface area contributed by atoms with E-state index in [0.717, 1.165) is 19.3 Å². The third-order valence-electron chi connectivity index (χ3n) is 3.05. The Bertz CT molecular complexity index is 457. The van der Waals surface area contributed by atoms with E-state index in [4.69, 9.17) is 11.6 Å². The zero-order valence-electron chi connectivity index (χ0n) is 9.62. The summed E-state index contributed by atoms with van der Waals surface area (Å²) in [6.07, 6.45) is 3.90. The van der Waals surface area contributed by atoms with E-state index in [1.807, 2.05) is 0 Å². The Morgan fingerprint density at radius 2 is 2.33 bits per heavy atom. The Hall–Kier alpha value is -1.47. The molecule has 1 atom stereocenters. The van der Waals surface area contributed by atoms with Gasteiger partial charge in [-0.3, -0.25) is 10.1 Å². The Balaban J connectivity index is 2.42. The minimum Gasteiger partial charge on any atom is -0.394 e. The molecule has 1 aromatic rings. The normalized spacial score (nSPS) is 19.9. The number of hydrogen-bond acceptors (Lipinski definition) is 6. The van der Waals surface area contributed by atoms with Crippen LogP contribution in [0.3, 0.4) is 0 Å². The largest absolute Gasteiger partial charge is 0.394 e. The molecule has 1 aromatic heterocycles. The molecule has 98 valence electrons. The van der Waals surface area contributed by atoms with Crippen molar-refractivity contribution in [2.24, 2.45) is 0 Å². The summed E-state index contributed by atoms with van der Waals surface area (Å²) < 4.78 is 0. The minimum atomic E-state index is -0.583. The Kier molecular flexibility index (Phi) is 3.93. The molecular formula is C10H13ClN4O3. The lowest BCUT2D eigenvalue weighted by molar-refractivity contribution is -0.384. The summed E-state index contributed by atoms with van der Waals surface area (Å²) in [5, 5.41) is 20.2. The van der Waals surface area contributed by atoms with Gasteiger partial charge in [-0.1, -0.05) is 11.6 Å². The molecule has 8 heteroatoms. The van der Waals surface area contributed by atoms with E-state index in [2.05, 4.69) is 9.97 Å². The fourth-order valence-electron chi connectivity index (χ4n) is 2.19. The van der Waals surface area contributed by atoms with Gasteiger partial charge >= 0.3 is 5.69 Å². The molecule has 1 aliphatic heterocycles. The second kappa shape index (κ2) is 5.45. The molecule has 1 fully saturated rings. The van der Waals surface area contributed by atoms with E-state index in [1.54, 1.807) is 4.90 Å². The lowest BCUT2D eigenvalue weighted by Gasteiger charge is -2.34. The van der Waals surface area contributed by atoms with Gasteiger partial charge in [0, 0.05) is 6.54 Å². The standard InChI is InChI=1S/C10H13ClN4O3/c11-9-8(15(17)18)10(13-6-12-9)14-4-2-1-3-7(14)5-16/h6-7,16H,1-5H2/t7-/m0/s1. The van der Waals surface area contributed by atoms with Crippen molar-refractivity contribution in [3.63, 3.8) is 0 Å². The van der Waals surface area contributed by atoms with E-state index in [9.17, 15) is 15.2 Å². The van der Waals surface area contributed by atoms with Crippen molar-refractivity contribution >= 4 is 23.1 Å². The number of nitrogens with zero attached hydrogens (tertiary/aromatic N) is 4. The quantitative estimate of drug-likeness (QED) is 0.508. The molecule has 0 unspecified atom stereocenters. The maximum Gasteiger partial charge on any atom is 0.348 e. The van der Waals surface area contributed by atoms with Crippen molar-refractivity contribution in [1.82, 2.24) is 9.97 Å². The molecule has 0 bridgehead atoms. The van der Waals surface area contributed by atoms with Gasteiger partial charge in [-0.05, 0) is 19.3 Å². The van der Waals surface area contributed by atoms with Gasteiger partial charge < -0.3 is 10.0 Å². The number of aromatic nitrogens is 2. The minimum absolute atomic E-state index is 0.0568. The molecule has 1 aliphatic rings. The summed E-state index contributed by atoms with van der Waals surface area (Å²) >= 11 is 5.75. The van der Waals surface area contributed by atoms with Crippen molar-refractivity contribution in [1.29, 1.82) is 0 Å². The number of anilines is 1. The zero-order chi connectivity index (χ0) is 13.1. The van der Waals surface area contributed by atoms with Crippen LogP contribution >= 0.6 is 11.6 Å². The van der Waals surface area contributed by atoms with Crippen molar-refractivity contribution in [2.45, 2.75) is 25.3 Å². The van der Waals surface area contributed by atoms with Crippen LogP contribution in [0, 0.1) is 10.1 Å². The fraction of sp³-hybridized carbons (Fsp3) is 0.600. The van der Waals surface area contributed by atoms with Gasteiger partial charge in [0.15, 0.2) is 0 Å². The summed E-state index contributed by atoms with van der Waals surface area (Å²) in [5.41, 5.74) is -0.292. The molecule has 2 heterocycles. The lowest BCUT2D eigenvalue weighted by Crippen LogP contribution is -2.42. The van der Waals surface area contributed by atoms with Crippen molar-refractivity contribution < 1.29 is 10.0 Å². The average Bonchev–Trinajstić information content (AvgIpc) is 2.38. The van der Waals surface area contributed by atoms with Crippen molar-refractivity contribution in [2.75, 3.05) is 18.1 Å². The predicted molar refractivity (Wildman–Crippen MR) is 65.8 cm³/mol. The fourth-order valence-corrected chi connectivity index (χ4v) is 2.38. The third-order valence-corrected chi connectivity index (χ3v) is 3.33. The van der Waals surface area contributed by atoms with E-state index in [0.29, 0.717) is 6.54 Å². The third kappa shape index (κ3) is 2.37. The Morgan fingerprint density at radius 1 is 1.56 bits per heavy atom. The van der Waals surface area contributed by atoms with Crippen LogP contribution in [0.15, 0.2) is 6.33 Å². The smallest absolute Gasteiger partial charge is 0.348 e. The van der Waals surface area contributed by atoms with E-state index in [1.165, 1.54) is 6.33 Å². The first-order valence-corrected chi connectivity index (χ1v) is 6.05. The first kappa shape index (κ1) is 13.0. The molecule has 1 saturated heterocycles. The molecular weight excluding hydrogens is 260 g/mol. The van der Waals surface area contributed by atoms with Crippen molar-refractivity contribution in [3.05, 3.63) is 21.6 Å². The van der Waals surface area contributed by atoms with E-state index in [-0.39, 0.29) is 29.3 Å². The molecule has 0 amide bonds. The molecule has 0 spiro atoms. The van der Waals surface area contributed by atoms with Crippen LogP contribution in [0.5, 0.6) is 0 Å². The molecule has 0 aliphatic carbocycles. The van der Waals surface area contributed by atoms with Gasteiger partial charge in [-0.2, -0.15) is 0 Å². The highest BCUT2D eigenvalue weighted by molar-refractivity contribution is 6.31. The van der Waals surface area contributed by atoms with Crippen molar-refractivity contribution in [3.8, 4) is 0 Å². The van der Waals surface area contributed by atoms with Gasteiger partial charge in [-0.15, -0.1) is 0 Å². The van der Waals surface area contributed by atoms with Gasteiger partial charge in [0.05, 0.1) is 17.6 Å². The van der Waals surface area contributed by atoms with Gasteiger partial charge in [0.25, 0.3) is 0 Å². The van der Waals surface area contributed by atoms with Crippen LogP contribution in [0.4, 0.5) is 11.5 Å². The van der Waals surface area contributed by atoms with Crippen LogP contribution in [-0.2, 0) is 0 Å². The molecule has 18 heavy (non-hydrogen) atoms. The first-order valence-electron chi connectivity index (χ1n) is 5.67. The van der Waals surface area contributed by atoms with Crippen LogP contribution in [-0.4, -0.2) is 39.2 Å². The summed E-state index contributed by atoms with van der Waals surface area (Å²) in [4.78, 5) is 19.8. The summed E-state index contributed by atoms with van der Waals surface area (Å²) in [7, 11) is 0. The van der Waals surface area contributed by atoms with E-state index >= 15 is 0 Å². The number of piperidine rings is 1.